The van der Waals surface area contributed by atoms with E-state index in [1.54, 1.807) is 11.8 Å². The predicted molar refractivity (Wildman–Crippen MR) is 51.5 cm³/mol. The number of allylic oxidation sites excluding steroid dienone is 2. The van der Waals surface area contributed by atoms with E-state index < -0.39 is 0 Å². The van der Waals surface area contributed by atoms with Crippen LogP contribution in [0.1, 0.15) is 6.92 Å². The van der Waals surface area contributed by atoms with Gasteiger partial charge < -0.3 is 0 Å². The molecular weight excluding hydrogens is 164 g/mol. The highest BCUT2D eigenvalue weighted by Crippen LogP contribution is 2.17. The van der Waals surface area contributed by atoms with Crippen molar-refractivity contribution < 1.29 is 4.79 Å². The van der Waals surface area contributed by atoms with Crippen LogP contribution in [0.4, 0.5) is 0 Å². The number of amidine groups is 1. The largest absolute Gasteiger partial charge is 0.298 e. The fourth-order valence-electron chi connectivity index (χ4n) is 1.67. The number of rotatable bonds is 1. The van der Waals surface area contributed by atoms with Gasteiger partial charge >= 0.3 is 0 Å². The molecule has 2 rings (SSSR count). The molecule has 0 saturated carbocycles. The van der Waals surface area contributed by atoms with Crippen LogP contribution in [-0.2, 0) is 4.79 Å². The molecular formula is C10H12N2O. The second-order valence-corrected chi connectivity index (χ2v) is 3.21. The average molecular weight is 176 g/mol. The zero-order valence-corrected chi connectivity index (χ0v) is 7.60. The smallest absolute Gasteiger partial charge is 0.224 e. The van der Waals surface area contributed by atoms with Gasteiger partial charge in [0.15, 0.2) is 0 Å². The maximum absolute atomic E-state index is 11.2. The molecule has 3 nitrogen and oxygen atoms in total. The summed E-state index contributed by atoms with van der Waals surface area (Å²) in [6, 6.07) is 0. The van der Waals surface area contributed by atoms with Crippen LogP contribution in [0.15, 0.2) is 29.3 Å². The zero-order valence-electron chi connectivity index (χ0n) is 7.60. The topological polar surface area (TPSA) is 32.7 Å². The Kier molecular flexibility index (Phi) is 2.00. The van der Waals surface area contributed by atoms with Crippen molar-refractivity contribution >= 4 is 11.7 Å². The number of hydrogen-bond acceptors (Lipinski definition) is 2. The third-order valence-corrected chi connectivity index (χ3v) is 2.30. The Bertz CT molecular complexity index is 303. The van der Waals surface area contributed by atoms with Gasteiger partial charge in [0.25, 0.3) is 0 Å². The molecule has 13 heavy (non-hydrogen) atoms. The Morgan fingerprint density at radius 1 is 1.54 bits per heavy atom. The Labute approximate surface area is 77.4 Å². The first-order valence-electron chi connectivity index (χ1n) is 4.46. The Morgan fingerprint density at radius 3 is 2.85 bits per heavy atom. The van der Waals surface area contributed by atoms with E-state index >= 15 is 0 Å². The number of hydrogen-bond donors (Lipinski definition) is 0. The standard InChI is InChI=1S/C10H12N2O/c1-8(13)12-7-6-11-10(12)9-4-2-3-5-9/h2-5,9H,6-7H2,1H3. The lowest BCUT2D eigenvalue weighted by Crippen LogP contribution is -2.35. The van der Waals surface area contributed by atoms with E-state index in [4.69, 9.17) is 0 Å². The molecule has 1 heterocycles. The molecule has 2 aliphatic rings. The van der Waals surface area contributed by atoms with Gasteiger partial charge in [-0.05, 0) is 0 Å². The summed E-state index contributed by atoms with van der Waals surface area (Å²) in [4.78, 5) is 17.3. The maximum Gasteiger partial charge on any atom is 0.224 e. The molecule has 0 saturated heterocycles. The normalized spacial score (nSPS) is 21.3. The van der Waals surface area contributed by atoms with E-state index in [2.05, 4.69) is 17.1 Å². The lowest BCUT2D eigenvalue weighted by molar-refractivity contribution is -0.124. The molecule has 0 aromatic heterocycles. The lowest BCUT2D eigenvalue weighted by atomic mass is 10.1. The van der Waals surface area contributed by atoms with Crippen molar-refractivity contribution in [2.45, 2.75) is 6.92 Å². The minimum Gasteiger partial charge on any atom is -0.298 e. The molecule has 68 valence electrons. The first-order chi connectivity index (χ1) is 6.29. The first kappa shape index (κ1) is 8.23. The molecule has 0 atom stereocenters. The van der Waals surface area contributed by atoms with Crippen molar-refractivity contribution in [2.24, 2.45) is 10.9 Å². The molecule has 0 radical (unpaired) electrons. The number of carbonyl (C=O) groups is 1. The van der Waals surface area contributed by atoms with E-state index in [-0.39, 0.29) is 11.8 Å². The first-order valence-corrected chi connectivity index (χ1v) is 4.46. The summed E-state index contributed by atoms with van der Waals surface area (Å²) in [6.45, 7) is 3.07. The minimum atomic E-state index is 0.0879. The third kappa shape index (κ3) is 1.41. The summed E-state index contributed by atoms with van der Waals surface area (Å²) < 4.78 is 0. The summed E-state index contributed by atoms with van der Waals surface area (Å²) in [5.74, 6) is 1.20. The molecule has 0 spiro atoms. The van der Waals surface area contributed by atoms with Gasteiger partial charge in [0, 0.05) is 13.5 Å². The second kappa shape index (κ2) is 3.17. The number of amides is 1. The molecule has 0 unspecified atom stereocenters. The molecule has 0 aromatic carbocycles. The zero-order chi connectivity index (χ0) is 9.26. The monoisotopic (exact) mass is 176 g/mol. The van der Waals surface area contributed by atoms with Crippen LogP contribution in [0.2, 0.25) is 0 Å². The molecule has 0 bridgehead atoms. The highest BCUT2D eigenvalue weighted by molar-refractivity contribution is 6.01. The molecule has 0 fully saturated rings. The van der Waals surface area contributed by atoms with Gasteiger partial charge in [-0.3, -0.25) is 14.7 Å². The molecule has 3 heteroatoms. The van der Waals surface area contributed by atoms with Crippen LogP contribution in [0.3, 0.4) is 0 Å². The predicted octanol–water partition coefficient (Wildman–Crippen LogP) is 0.989. The second-order valence-electron chi connectivity index (χ2n) is 3.21. The van der Waals surface area contributed by atoms with Crippen molar-refractivity contribution in [3.63, 3.8) is 0 Å². The van der Waals surface area contributed by atoms with Crippen molar-refractivity contribution in [1.29, 1.82) is 0 Å². The van der Waals surface area contributed by atoms with Crippen molar-refractivity contribution in [2.75, 3.05) is 13.1 Å². The van der Waals surface area contributed by atoms with Crippen molar-refractivity contribution in [1.82, 2.24) is 4.90 Å². The van der Waals surface area contributed by atoms with E-state index in [0.29, 0.717) is 0 Å². The van der Waals surface area contributed by atoms with Crippen molar-refractivity contribution in [3.8, 4) is 0 Å². The Hall–Kier alpha value is -1.38. The SMILES string of the molecule is CC(=O)N1CCN=C1C1C=CC=C1. The summed E-state index contributed by atoms with van der Waals surface area (Å²) in [7, 11) is 0. The van der Waals surface area contributed by atoms with Crippen LogP contribution in [0, 0.1) is 5.92 Å². The summed E-state index contributed by atoms with van der Waals surface area (Å²) in [5.41, 5.74) is 0. The van der Waals surface area contributed by atoms with Crippen molar-refractivity contribution in [3.05, 3.63) is 24.3 Å². The molecule has 0 aromatic rings. The van der Waals surface area contributed by atoms with Crippen LogP contribution in [0.5, 0.6) is 0 Å². The Morgan fingerprint density at radius 2 is 2.23 bits per heavy atom. The fourth-order valence-corrected chi connectivity index (χ4v) is 1.67. The fraction of sp³-hybridized carbons (Fsp3) is 0.400. The summed E-state index contributed by atoms with van der Waals surface area (Å²) in [6.07, 6.45) is 8.09. The quantitative estimate of drug-likeness (QED) is 0.586. The van der Waals surface area contributed by atoms with Gasteiger partial charge in [0.1, 0.15) is 5.84 Å². The number of aliphatic imine (C=N–C) groups is 1. The van der Waals surface area contributed by atoms with Gasteiger partial charge in [-0.15, -0.1) is 0 Å². The Balaban J connectivity index is 2.18. The van der Waals surface area contributed by atoms with Gasteiger partial charge in [-0.25, -0.2) is 0 Å². The van der Waals surface area contributed by atoms with E-state index in [1.165, 1.54) is 0 Å². The van der Waals surface area contributed by atoms with Gasteiger partial charge in [-0.1, -0.05) is 24.3 Å². The van der Waals surface area contributed by atoms with Crippen LogP contribution < -0.4 is 0 Å². The van der Waals surface area contributed by atoms with E-state index in [0.717, 1.165) is 18.9 Å². The molecule has 1 amide bonds. The minimum absolute atomic E-state index is 0.0879. The summed E-state index contributed by atoms with van der Waals surface area (Å²) >= 11 is 0. The highest BCUT2D eigenvalue weighted by atomic mass is 16.2. The molecule has 0 N–H and O–H groups in total. The van der Waals surface area contributed by atoms with E-state index in [1.807, 2.05) is 12.2 Å². The molecule has 1 aliphatic heterocycles. The number of carbonyl (C=O) groups excluding carboxylic acids is 1. The van der Waals surface area contributed by atoms with E-state index in [9.17, 15) is 4.79 Å². The van der Waals surface area contributed by atoms with Gasteiger partial charge in [0.05, 0.1) is 12.5 Å². The van der Waals surface area contributed by atoms with Crippen LogP contribution >= 0.6 is 0 Å². The maximum atomic E-state index is 11.2. The lowest BCUT2D eigenvalue weighted by Gasteiger charge is -2.18. The van der Waals surface area contributed by atoms with Crippen LogP contribution in [-0.4, -0.2) is 29.7 Å². The van der Waals surface area contributed by atoms with Gasteiger partial charge in [0.2, 0.25) is 5.91 Å². The summed E-state index contributed by atoms with van der Waals surface area (Å²) in [5, 5.41) is 0. The molecule has 1 aliphatic carbocycles. The number of nitrogens with zero attached hydrogens (tertiary/aromatic N) is 2. The van der Waals surface area contributed by atoms with Gasteiger partial charge in [-0.2, -0.15) is 0 Å². The highest BCUT2D eigenvalue weighted by Gasteiger charge is 2.25. The average Bonchev–Trinajstić information content (AvgIpc) is 2.74. The van der Waals surface area contributed by atoms with Crippen LogP contribution in [0.25, 0.3) is 0 Å². The third-order valence-electron chi connectivity index (χ3n) is 2.30.